The number of aromatic nitrogens is 2. The minimum absolute atomic E-state index is 0.256. The summed E-state index contributed by atoms with van der Waals surface area (Å²) >= 11 is 1.53. The van der Waals surface area contributed by atoms with Gasteiger partial charge >= 0.3 is 6.01 Å². The van der Waals surface area contributed by atoms with Crippen LogP contribution in [0.2, 0.25) is 0 Å². The predicted octanol–water partition coefficient (Wildman–Crippen LogP) is 3.87. The van der Waals surface area contributed by atoms with Gasteiger partial charge < -0.3 is 15.4 Å². The number of nitrogens with one attached hydrogen (secondary N) is 2. The lowest BCUT2D eigenvalue weighted by molar-refractivity contribution is 0.233. The van der Waals surface area contributed by atoms with Crippen LogP contribution in [0.1, 0.15) is 16.8 Å². The lowest BCUT2D eigenvalue weighted by Crippen LogP contribution is -2.42. The molecule has 3 heterocycles. The van der Waals surface area contributed by atoms with Crippen LogP contribution < -0.4 is 15.4 Å². The average Bonchev–Trinajstić information content (AvgIpc) is 3.29. The van der Waals surface area contributed by atoms with Crippen LogP contribution in [-0.2, 0) is 13.2 Å². The summed E-state index contributed by atoms with van der Waals surface area (Å²) in [6.07, 6.45) is 1.62. The highest BCUT2D eigenvalue weighted by Gasteiger charge is 2.21. The summed E-state index contributed by atoms with van der Waals surface area (Å²) in [5.74, 6) is 0. The molecule has 8 heteroatoms. The third-order valence-electron chi connectivity index (χ3n) is 5.58. The van der Waals surface area contributed by atoms with Gasteiger partial charge in [0.1, 0.15) is 18.2 Å². The van der Waals surface area contributed by atoms with Crippen LogP contribution in [0.5, 0.6) is 6.01 Å². The minimum Gasteiger partial charge on any atom is -0.459 e. The van der Waals surface area contributed by atoms with Gasteiger partial charge in [0, 0.05) is 43.8 Å². The molecule has 1 aromatic heterocycles. The van der Waals surface area contributed by atoms with Crippen molar-refractivity contribution < 1.29 is 4.74 Å². The maximum Gasteiger partial charge on any atom is 0.317 e. The van der Waals surface area contributed by atoms with Crippen LogP contribution >= 0.6 is 11.8 Å². The summed E-state index contributed by atoms with van der Waals surface area (Å²) < 4.78 is 5.84. The van der Waals surface area contributed by atoms with Gasteiger partial charge in [-0.3, -0.25) is 4.90 Å². The van der Waals surface area contributed by atoms with Gasteiger partial charge in [0.15, 0.2) is 0 Å². The Hall–Kier alpha value is -3.38. The highest BCUT2D eigenvalue weighted by atomic mass is 32.2. The van der Waals surface area contributed by atoms with Gasteiger partial charge in [-0.2, -0.15) is 10.2 Å². The molecule has 33 heavy (non-hydrogen) atoms. The maximum absolute atomic E-state index is 9.79. The van der Waals surface area contributed by atoms with Crippen molar-refractivity contribution in [3.05, 3.63) is 82.6 Å². The van der Waals surface area contributed by atoms with Crippen molar-refractivity contribution in [3.8, 4) is 12.1 Å². The fourth-order valence-corrected chi connectivity index (χ4v) is 4.83. The molecule has 0 amide bonds. The first-order valence-corrected chi connectivity index (χ1v) is 11.8. The van der Waals surface area contributed by atoms with Crippen LogP contribution in [-0.4, -0.2) is 41.0 Å². The summed E-state index contributed by atoms with van der Waals surface area (Å²) in [6, 6.07) is 20.7. The zero-order chi connectivity index (χ0) is 22.5. The number of para-hydroxylation sites is 1. The molecule has 0 atom stereocenters. The van der Waals surface area contributed by atoms with Crippen LogP contribution in [0.4, 0.5) is 5.69 Å². The smallest absolute Gasteiger partial charge is 0.317 e. The van der Waals surface area contributed by atoms with Crippen molar-refractivity contribution in [3.63, 3.8) is 0 Å². The number of rotatable bonds is 6. The van der Waals surface area contributed by atoms with E-state index in [1.54, 1.807) is 12.3 Å². The van der Waals surface area contributed by atoms with Gasteiger partial charge in [-0.05, 0) is 29.3 Å². The molecule has 0 spiro atoms. The van der Waals surface area contributed by atoms with Crippen molar-refractivity contribution >= 4 is 23.0 Å². The first-order chi connectivity index (χ1) is 16.3. The summed E-state index contributed by atoms with van der Waals surface area (Å²) in [7, 11) is 0. The molecule has 1 fully saturated rings. The highest BCUT2D eigenvalue weighted by molar-refractivity contribution is 8.04. The number of hydrogen-bond acceptors (Lipinski definition) is 8. The van der Waals surface area contributed by atoms with Gasteiger partial charge in [0.2, 0.25) is 0 Å². The largest absolute Gasteiger partial charge is 0.459 e. The molecule has 0 saturated carbocycles. The number of nitriles is 1. The van der Waals surface area contributed by atoms with Crippen LogP contribution in [0.15, 0.2) is 70.7 Å². The van der Waals surface area contributed by atoms with Crippen molar-refractivity contribution in [1.82, 2.24) is 20.2 Å². The molecule has 1 saturated heterocycles. The number of hydrogen-bond donors (Lipinski definition) is 2. The number of allylic oxidation sites excluding steroid dienone is 1. The van der Waals surface area contributed by atoms with Crippen LogP contribution in [0, 0.1) is 11.3 Å². The number of thioether (sulfide) groups is 1. The van der Waals surface area contributed by atoms with E-state index in [4.69, 9.17) is 4.74 Å². The molecule has 0 radical (unpaired) electrons. The van der Waals surface area contributed by atoms with E-state index in [2.05, 4.69) is 55.8 Å². The van der Waals surface area contributed by atoms with Crippen molar-refractivity contribution in [2.24, 2.45) is 0 Å². The monoisotopic (exact) mass is 456 g/mol. The molecule has 7 nitrogen and oxygen atoms in total. The molecular formula is C25H24N6OS. The quantitative estimate of drug-likeness (QED) is 0.541. The number of anilines is 1. The second-order valence-electron chi connectivity index (χ2n) is 7.89. The van der Waals surface area contributed by atoms with E-state index in [0.29, 0.717) is 17.9 Å². The molecule has 2 aliphatic heterocycles. The van der Waals surface area contributed by atoms with E-state index < -0.39 is 0 Å². The van der Waals surface area contributed by atoms with Gasteiger partial charge in [0.05, 0.1) is 16.4 Å². The van der Waals surface area contributed by atoms with E-state index in [1.807, 2.05) is 24.3 Å². The third kappa shape index (κ3) is 5.17. The molecule has 2 aliphatic rings. The van der Waals surface area contributed by atoms with Gasteiger partial charge in [-0.15, -0.1) is 0 Å². The second-order valence-corrected chi connectivity index (χ2v) is 8.95. The van der Waals surface area contributed by atoms with E-state index in [1.165, 1.54) is 17.3 Å². The standard InChI is InChI=1S/C25H24N6OS/c26-15-20(24-29-22-3-1-2-4-23(22)33-24)21-9-10-28-25(30-21)32-17-19-7-5-18(6-8-19)16-31-13-11-27-12-14-31/h1-10,27,29H,11-14,16-17H2. The SMILES string of the molecule is N#CC(=C1Nc2ccccc2S1)c1ccnc(OCc2ccc(CN3CCNCC3)cc2)n1. The Bertz CT molecular complexity index is 1170. The average molecular weight is 457 g/mol. The van der Waals surface area contributed by atoms with Gasteiger partial charge in [-0.1, -0.05) is 48.2 Å². The van der Waals surface area contributed by atoms with E-state index in [9.17, 15) is 5.26 Å². The predicted molar refractivity (Wildman–Crippen MR) is 129 cm³/mol. The molecular weight excluding hydrogens is 432 g/mol. The molecule has 5 rings (SSSR count). The Kier molecular flexibility index (Phi) is 6.53. The molecule has 2 N–H and O–H groups in total. The van der Waals surface area contributed by atoms with E-state index in [0.717, 1.165) is 53.9 Å². The highest BCUT2D eigenvalue weighted by Crippen LogP contribution is 2.43. The Labute approximate surface area is 197 Å². The summed E-state index contributed by atoms with van der Waals surface area (Å²) in [5.41, 5.74) is 4.36. The van der Waals surface area contributed by atoms with E-state index in [-0.39, 0.29) is 6.01 Å². The molecule has 3 aromatic rings. The zero-order valence-electron chi connectivity index (χ0n) is 18.1. The zero-order valence-corrected chi connectivity index (χ0v) is 18.9. The Balaban J connectivity index is 1.23. The fourth-order valence-electron chi connectivity index (χ4n) is 3.82. The number of ether oxygens (including phenoxy) is 1. The molecule has 0 aliphatic carbocycles. The van der Waals surface area contributed by atoms with Crippen molar-refractivity contribution in [2.75, 3.05) is 31.5 Å². The number of fused-ring (bicyclic) bond motifs is 1. The van der Waals surface area contributed by atoms with Crippen LogP contribution in [0.25, 0.3) is 5.57 Å². The number of benzene rings is 2. The van der Waals surface area contributed by atoms with Crippen molar-refractivity contribution in [2.45, 2.75) is 18.0 Å². The number of nitrogens with zero attached hydrogens (tertiary/aromatic N) is 4. The summed E-state index contributed by atoms with van der Waals surface area (Å²) in [4.78, 5) is 12.3. The summed E-state index contributed by atoms with van der Waals surface area (Å²) in [6.45, 7) is 5.61. The second kappa shape index (κ2) is 10.0. The summed E-state index contributed by atoms with van der Waals surface area (Å²) in [5, 5.41) is 17.2. The lowest BCUT2D eigenvalue weighted by Gasteiger charge is -2.27. The van der Waals surface area contributed by atoms with Crippen LogP contribution in [0.3, 0.4) is 0 Å². The molecule has 0 bridgehead atoms. The first-order valence-electron chi connectivity index (χ1n) is 10.9. The normalized spacial score (nSPS) is 17.1. The fraction of sp³-hybridized carbons (Fsp3) is 0.240. The Morgan fingerprint density at radius 2 is 1.85 bits per heavy atom. The van der Waals surface area contributed by atoms with Gasteiger partial charge in [0.25, 0.3) is 0 Å². The first kappa shape index (κ1) is 21.5. The van der Waals surface area contributed by atoms with Crippen molar-refractivity contribution in [1.29, 1.82) is 5.26 Å². The Morgan fingerprint density at radius 1 is 1.06 bits per heavy atom. The topological polar surface area (TPSA) is 86.1 Å². The number of piperazine rings is 1. The molecule has 0 unspecified atom stereocenters. The third-order valence-corrected chi connectivity index (χ3v) is 6.67. The van der Waals surface area contributed by atoms with E-state index >= 15 is 0 Å². The molecule has 2 aromatic carbocycles. The Morgan fingerprint density at radius 3 is 2.64 bits per heavy atom. The minimum atomic E-state index is 0.256. The maximum atomic E-state index is 9.79. The molecule has 166 valence electrons. The lowest BCUT2D eigenvalue weighted by atomic mass is 10.1. The van der Waals surface area contributed by atoms with Gasteiger partial charge in [-0.25, -0.2) is 4.98 Å².